The highest BCUT2D eigenvalue weighted by atomic mass is 14.9. The highest BCUT2D eigenvalue weighted by Gasteiger charge is 2.04. The molecule has 1 N–H and O–H groups in total. The molecule has 19 heavy (non-hydrogen) atoms. The molecule has 3 heteroatoms. The van der Waals surface area contributed by atoms with Crippen molar-refractivity contribution < 1.29 is 0 Å². The molecule has 0 aliphatic rings. The Balaban J connectivity index is 2.17. The minimum absolute atomic E-state index is 0.794. The number of aromatic nitrogens is 2. The lowest BCUT2D eigenvalue weighted by atomic mass is 10.1. The van der Waals surface area contributed by atoms with Gasteiger partial charge in [0.25, 0.3) is 0 Å². The SMILES string of the molecule is CCNCc1cc(C)nc(Cc2cccc(C)c2)n1. The van der Waals surface area contributed by atoms with Gasteiger partial charge in [0.1, 0.15) is 5.82 Å². The molecule has 0 saturated carbocycles. The maximum absolute atomic E-state index is 4.62. The molecule has 0 amide bonds. The lowest BCUT2D eigenvalue weighted by molar-refractivity contribution is 0.700. The summed E-state index contributed by atoms with van der Waals surface area (Å²) in [4.78, 5) is 9.15. The third-order valence-corrected chi connectivity index (χ3v) is 2.95. The van der Waals surface area contributed by atoms with E-state index in [1.165, 1.54) is 11.1 Å². The van der Waals surface area contributed by atoms with Crippen LogP contribution in [0.25, 0.3) is 0 Å². The van der Waals surface area contributed by atoms with E-state index in [4.69, 9.17) is 0 Å². The maximum Gasteiger partial charge on any atom is 0.133 e. The first-order valence-electron chi connectivity index (χ1n) is 6.77. The molecule has 0 saturated heterocycles. The fraction of sp³-hybridized carbons (Fsp3) is 0.375. The van der Waals surface area contributed by atoms with Crippen LogP contribution in [0.3, 0.4) is 0 Å². The Bertz CT molecular complexity index is 549. The van der Waals surface area contributed by atoms with E-state index >= 15 is 0 Å². The van der Waals surface area contributed by atoms with Crippen LogP contribution in [0, 0.1) is 13.8 Å². The summed E-state index contributed by atoms with van der Waals surface area (Å²) in [5, 5.41) is 3.30. The minimum atomic E-state index is 0.794. The Morgan fingerprint density at radius 3 is 2.68 bits per heavy atom. The van der Waals surface area contributed by atoms with Gasteiger partial charge in [-0.3, -0.25) is 0 Å². The van der Waals surface area contributed by atoms with Crippen molar-refractivity contribution in [3.05, 3.63) is 58.7 Å². The average molecular weight is 255 g/mol. The van der Waals surface area contributed by atoms with Gasteiger partial charge in [0, 0.05) is 18.7 Å². The molecule has 0 aliphatic heterocycles. The van der Waals surface area contributed by atoms with Crippen LogP contribution >= 0.6 is 0 Å². The fourth-order valence-corrected chi connectivity index (χ4v) is 2.13. The van der Waals surface area contributed by atoms with Crippen LogP contribution < -0.4 is 5.32 Å². The van der Waals surface area contributed by atoms with Crippen molar-refractivity contribution in [3.63, 3.8) is 0 Å². The van der Waals surface area contributed by atoms with Gasteiger partial charge in [-0.25, -0.2) is 9.97 Å². The van der Waals surface area contributed by atoms with E-state index in [-0.39, 0.29) is 0 Å². The van der Waals surface area contributed by atoms with Crippen molar-refractivity contribution in [1.29, 1.82) is 0 Å². The number of benzene rings is 1. The number of hydrogen-bond acceptors (Lipinski definition) is 3. The highest BCUT2D eigenvalue weighted by Crippen LogP contribution is 2.09. The normalized spacial score (nSPS) is 10.7. The van der Waals surface area contributed by atoms with E-state index in [1.54, 1.807) is 0 Å². The van der Waals surface area contributed by atoms with Crippen molar-refractivity contribution in [2.75, 3.05) is 6.54 Å². The smallest absolute Gasteiger partial charge is 0.133 e. The van der Waals surface area contributed by atoms with Crippen LogP contribution in [-0.2, 0) is 13.0 Å². The van der Waals surface area contributed by atoms with E-state index < -0.39 is 0 Å². The van der Waals surface area contributed by atoms with E-state index in [1.807, 2.05) is 13.0 Å². The van der Waals surface area contributed by atoms with Crippen molar-refractivity contribution in [2.45, 2.75) is 33.7 Å². The number of hydrogen-bond donors (Lipinski definition) is 1. The first-order valence-corrected chi connectivity index (χ1v) is 6.77. The van der Waals surface area contributed by atoms with Crippen molar-refractivity contribution >= 4 is 0 Å². The Hall–Kier alpha value is -1.74. The van der Waals surface area contributed by atoms with Crippen LogP contribution in [0.1, 0.15) is 35.3 Å². The van der Waals surface area contributed by atoms with Gasteiger partial charge in [0.15, 0.2) is 0 Å². The summed E-state index contributed by atoms with van der Waals surface area (Å²) < 4.78 is 0. The summed E-state index contributed by atoms with van der Waals surface area (Å²) in [6.07, 6.45) is 0.794. The standard InChI is InChI=1S/C16H21N3/c1-4-17-11-15-9-13(3)18-16(19-15)10-14-7-5-6-12(2)8-14/h5-9,17H,4,10-11H2,1-3H3. The lowest BCUT2D eigenvalue weighted by Crippen LogP contribution is -2.14. The molecular weight excluding hydrogens is 234 g/mol. The van der Waals surface area contributed by atoms with Gasteiger partial charge < -0.3 is 5.32 Å². The van der Waals surface area contributed by atoms with Crippen molar-refractivity contribution in [1.82, 2.24) is 15.3 Å². The van der Waals surface area contributed by atoms with Gasteiger partial charge in [-0.1, -0.05) is 36.8 Å². The second-order valence-electron chi connectivity index (χ2n) is 4.86. The molecule has 0 unspecified atom stereocenters. The molecule has 2 aromatic rings. The predicted octanol–water partition coefficient (Wildman–Crippen LogP) is 2.79. The quantitative estimate of drug-likeness (QED) is 0.892. The molecule has 1 aromatic carbocycles. The Labute approximate surface area is 115 Å². The number of nitrogens with zero attached hydrogens (tertiary/aromatic N) is 2. The molecule has 0 radical (unpaired) electrons. The fourth-order valence-electron chi connectivity index (χ4n) is 2.13. The molecule has 0 spiro atoms. The zero-order valence-corrected chi connectivity index (χ0v) is 11.9. The molecule has 0 atom stereocenters. The topological polar surface area (TPSA) is 37.8 Å². The third kappa shape index (κ3) is 4.14. The van der Waals surface area contributed by atoms with Gasteiger partial charge in [-0.2, -0.15) is 0 Å². The van der Waals surface area contributed by atoms with E-state index in [9.17, 15) is 0 Å². The molecule has 100 valence electrons. The Kier molecular flexibility index (Phi) is 4.63. The molecule has 3 nitrogen and oxygen atoms in total. The summed E-state index contributed by atoms with van der Waals surface area (Å²) in [7, 11) is 0. The first-order chi connectivity index (χ1) is 9.17. The predicted molar refractivity (Wildman–Crippen MR) is 78.1 cm³/mol. The lowest BCUT2D eigenvalue weighted by Gasteiger charge is -2.07. The maximum atomic E-state index is 4.62. The largest absolute Gasteiger partial charge is 0.311 e. The molecule has 2 rings (SSSR count). The number of rotatable bonds is 5. The Morgan fingerprint density at radius 1 is 1.11 bits per heavy atom. The average Bonchev–Trinajstić information content (AvgIpc) is 2.35. The van der Waals surface area contributed by atoms with Crippen LogP contribution in [-0.4, -0.2) is 16.5 Å². The first kappa shape index (κ1) is 13.7. The summed E-state index contributed by atoms with van der Waals surface area (Å²) in [5.41, 5.74) is 4.64. The Morgan fingerprint density at radius 2 is 1.95 bits per heavy atom. The number of nitrogens with one attached hydrogen (secondary N) is 1. The minimum Gasteiger partial charge on any atom is -0.311 e. The summed E-state index contributed by atoms with van der Waals surface area (Å²) >= 11 is 0. The molecule has 0 fully saturated rings. The zero-order valence-electron chi connectivity index (χ0n) is 11.9. The molecule has 1 heterocycles. The number of aryl methyl sites for hydroxylation is 2. The van der Waals surface area contributed by atoms with E-state index in [0.29, 0.717) is 0 Å². The molecular formula is C16H21N3. The van der Waals surface area contributed by atoms with Gasteiger partial charge in [0.2, 0.25) is 0 Å². The third-order valence-electron chi connectivity index (χ3n) is 2.95. The van der Waals surface area contributed by atoms with Gasteiger partial charge >= 0.3 is 0 Å². The van der Waals surface area contributed by atoms with Gasteiger partial charge in [0.05, 0.1) is 5.69 Å². The second-order valence-corrected chi connectivity index (χ2v) is 4.86. The molecule has 1 aromatic heterocycles. The van der Waals surface area contributed by atoms with Crippen LogP contribution in [0.5, 0.6) is 0 Å². The summed E-state index contributed by atoms with van der Waals surface area (Å²) in [5.74, 6) is 0.901. The van der Waals surface area contributed by atoms with Crippen molar-refractivity contribution in [3.8, 4) is 0 Å². The molecule has 0 aliphatic carbocycles. The monoisotopic (exact) mass is 255 g/mol. The van der Waals surface area contributed by atoms with Crippen LogP contribution in [0.2, 0.25) is 0 Å². The summed E-state index contributed by atoms with van der Waals surface area (Å²) in [6, 6.07) is 10.6. The van der Waals surface area contributed by atoms with Crippen LogP contribution in [0.15, 0.2) is 30.3 Å². The van der Waals surface area contributed by atoms with Gasteiger partial charge in [-0.15, -0.1) is 0 Å². The highest BCUT2D eigenvalue weighted by molar-refractivity contribution is 5.25. The summed E-state index contributed by atoms with van der Waals surface area (Å²) in [6.45, 7) is 7.99. The van der Waals surface area contributed by atoms with E-state index in [2.05, 4.69) is 53.4 Å². The second kappa shape index (κ2) is 6.43. The molecule has 0 bridgehead atoms. The van der Waals surface area contributed by atoms with Crippen LogP contribution in [0.4, 0.5) is 0 Å². The van der Waals surface area contributed by atoms with Crippen molar-refractivity contribution in [2.24, 2.45) is 0 Å². The van der Waals surface area contributed by atoms with E-state index in [0.717, 1.165) is 36.7 Å². The zero-order chi connectivity index (χ0) is 13.7. The van der Waals surface area contributed by atoms with Gasteiger partial charge in [-0.05, 0) is 32.0 Å².